The summed E-state index contributed by atoms with van der Waals surface area (Å²) >= 11 is 0. The van der Waals surface area contributed by atoms with E-state index in [-0.39, 0.29) is 11.8 Å². The number of benzene rings is 1. The maximum absolute atomic E-state index is 12.2. The average molecular weight is 321 g/mol. The second-order valence-corrected chi connectivity index (χ2v) is 7.61. The molecule has 0 bridgehead atoms. The van der Waals surface area contributed by atoms with Gasteiger partial charge in [-0.15, -0.1) is 0 Å². The van der Waals surface area contributed by atoms with Crippen molar-refractivity contribution in [1.82, 2.24) is 15.0 Å². The highest BCUT2D eigenvalue weighted by Crippen LogP contribution is 2.36. The third kappa shape index (κ3) is 2.78. The maximum Gasteiger partial charge on any atom is 0.240 e. The molecule has 0 radical (unpaired) electrons. The number of hydrogen-bond donors (Lipinski definition) is 0. The summed E-state index contributed by atoms with van der Waals surface area (Å²) in [4.78, 5) is 6.72. The lowest BCUT2D eigenvalue weighted by Gasteiger charge is -2.22. The highest BCUT2D eigenvalue weighted by atomic mass is 32.2. The van der Waals surface area contributed by atoms with Crippen LogP contribution >= 0.6 is 0 Å². The van der Waals surface area contributed by atoms with E-state index in [9.17, 15) is 8.42 Å². The highest BCUT2D eigenvalue weighted by molar-refractivity contribution is 7.91. The third-order valence-corrected chi connectivity index (χ3v) is 5.69. The van der Waals surface area contributed by atoms with Crippen LogP contribution in [0.15, 0.2) is 33.7 Å². The van der Waals surface area contributed by atoms with E-state index in [1.807, 2.05) is 24.1 Å². The second kappa shape index (κ2) is 5.81. The summed E-state index contributed by atoms with van der Waals surface area (Å²) in [6, 6.07) is 6.99. The molecule has 6 nitrogen and oxygen atoms in total. The molecular weight excluding hydrogens is 302 g/mol. The zero-order chi connectivity index (χ0) is 15.7. The molecule has 118 valence electrons. The quantitative estimate of drug-likeness (QED) is 0.838. The molecular formula is C15H19N3O3S. The van der Waals surface area contributed by atoms with Gasteiger partial charge in [0.25, 0.3) is 0 Å². The Kier molecular flexibility index (Phi) is 4.01. The van der Waals surface area contributed by atoms with Crippen LogP contribution in [0.2, 0.25) is 0 Å². The molecule has 1 atom stereocenters. The van der Waals surface area contributed by atoms with Gasteiger partial charge in [0.05, 0.1) is 23.2 Å². The van der Waals surface area contributed by atoms with E-state index in [4.69, 9.17) is 4.52 Å². The van der Waals surface area contributed by atoms with Gasteiger partial charge < -0.3 is 4.52 Å². The Labute approximate surface area is 130 Å². The van der Waals surface area contributed by atoms with Gasteiger partial charge in [0, 0.05) is 6.42 Å². The van der Waals surface area contributed by atoms with Crippen LogP contribution in [0, 0.1) is 0 Å². The van der Waals surface area contributed by atoms with E-state index in [1.165, 1.54) is 0 Å². The van der Waals surface area contributed by atoms with Gasteiger partial charge in [-0.1, -0.05) is 30.3 Å². The molecule has 1 aliphatic heterocycles. The smallest absolute Gasteiger partial charge is 0.240 e. The monoisotopic (exact) mass is 321 g/mol. The van der Waals surface area contributed by atoms with Gasteiger partial charge in [-0.05, 0) is 25.1 Å². The zero-order valence-corrected chi connectivity index (χ0v) is 13.5. The van der Waals surface area contributed by atoms with E-state index in [0.29, 0.717) is 23.2 Å². The molecule has 0 saturated heterocycles. The molecule has 0 N–H and O–H groups in total. The Morgan fingerprint density at radius 2 is 2.14 bits per heavy atom. The van der Waals surface area contributed by atoms with Crippen molar-refractivity contribution in [3.8, 4) is 0 Å². The summed E-state index contributed by atoms with van der Waals surface area (Å²) < 4.78 is 29.7. The number of sulfone groups is 1. The van der Waals surface area contributed by atoms with Crippen LogP contribution in [-0.2, 0) is 22.8 Å². The molecule has 22 heavy (non-hydrogen) atoms. The Hall–Kier alpha value is -1.73. The van der Waals surface area contributed by atoms with Crippen LogP contribution in [0.3, 0.4) is 0 Å². The van der Waals surface area contributed by atoms with Gasteiger partial charge in [0.1, 0.15) is 0 Å². The minimum atomic E-state index is -3.20. The standard InChI is InChI=1S/C15H19N3O3S/c1-3-6-14-16-15(21-17-14)9-18(2)12-10-22(19,20)13-8-5-4-7-11(12)13/h4-5,7-8,12H,3,6,9-10H2,1-2H3/t12-/m0/s1. The van der Waals surface area contributed by atoms with Crippen molar-refractivity contribution in [2.24, 2.45) is 0 Å². The topological polar surface area (TPSA) is 76.3 Å². The number of hydrogen-bond acceptors (Lipinski definition) is 6. The number of fused-ring (bicyclic) bond motifs is 1. The Morgan fingerprint density at radius 3 is 2.91 bits per heavy atom. The first-order valence-electron chi connectivity index (χ1n) is 7.34. The van der Waals surface area contributed by atoms with Crippen LogP contribution in [0.4, 0.5) is 0 Å². The van der Waals surface area contributed by atoms with Gasteiger partial charge in [-0.25, -0.2) is 8.42 Å². The third-order valence-electron chi connectivity index (χ3n) is 3.89. The van der Waals surface area contributed by atoms with E-state index in [2.05, 4.69) is 17.1 Å². The molecule has 0 amide bonds. The summed E-state index contributed by atoms with van der Waals surface area (Å²) in [6.07, 6.45) is 1.75. The van der Waals surface area contributed by atoms with Crippen molar-refractivity contribution in [3.05, 3.63) is 41.5 Å². The van der Waals surface area contributed by atoms with E-state index >= 15 is 0 Å². The summed E-state index contributed by atoms with van der Waals surface area (Å²) in [5.74, 6) is 1.32. The molecule has 0 spiro atoms. The number of nitrogens with zero attached hydrogens (tertiary/aromatic N) is 3. The fourth-order valence-corrected chi connectivity index (χ4v) is 4.67. The van der Waals surface area contributed by atoms with Gasteiger partial charge in [-0.2, -0.15) is 4.98 Å². The fraction of sp³-hybridized carbons (Fsp3) is 0.467. The van der Waals surface area contributed by atoms with Crippen LogP contribution in [0.25, 0.3) is 0 Å². The number of rotatable bonds is 5. The summed E-state index contributed by atoms with van der Waals surface area (Å²) in [6.45, 7) is 2.49. The molecule has 1 aromatic heterocycles. The molecule has 2 aromatic rings. The molecule has 1 aliphatic rings. The number of aromatic nitrogens is 2. The Balaban J connectivity index is 1.80. The summed E-state index contributed by atoms with van der Waals surface area (Å²) in [5.41, 5.74) is 0.846. The van der Waals surface area contributed by atoms with Crippen LogP contribution < -0.4 is 0 Å². The van der Waals surface area contributed by atoms with Crippen molar-refractivity contribution in [2.45, 2.75) is 37.2 Å². The predicted molar refractivity (Wildman–Crippen MR) is 81.0 cm³/mol. The van der Waals surface area contributed by atoms with Crippen molar-refractivity contribution in [3.63, 3.8) is 0 Å². The fourth-order valence-electron chi connectivity index (χ4n) is 2.79. The summed E-state index contributed by atoms with van der Waals surface area (Å²) in [5, 5.41) is 3.93. The van der Waals surface area contributed by atoms with E-state index in [0.717, 1.165) is 18.4 Å². The molecule has 1 aromatic carbocycles. The van der Waals surface area contributed by atoms with Crippen molar-refractivity contribution in [1.29, 1.82) is 0 Å². The first-order valence-corrected chi connectivity index (χ1v) is 9.00. The SMILES string of the molecule is CCCc1noc(CN(C)[C@H]2CS(=O)(=O)c3ccccc32)n1. The van der Waals surface area contributed by atoms with Gasteiger partial charge in [-0.3, -0.25) is 4.90 Å². The van der Waals surface area contributed by atoms with Crippen molar-refractivity contribution >= 4 is 9.84 Å². The van der Waals surface area contributed by atoms with Gasteiger partial charge >= 0.3 is 0 Å². The Morgan fingerprint density at radius 1 is 1.36 bits per heavy atom. The normalized spacial score (nSPS) is 19.5. The molecule has 0 unspecified atom stereocenters. The van der Waals surface area contributed by atoms with Crippen molar-refractivity contribution in [2.75, 3.05) is 12.8 Å². The van der Waals surface area contributed by atoms with E-state index in [1.54, 1.807) is 12.1 Å². The van der Waals surface area contributed by atoms with Crippen LogP contribution in [-0.4, -0.2) is 36.3 Å². The minimum absolute atomic E-state index is 0.0960. The molecule has 2 heterocycles. The molecule has 0 aliphatic carbocycles. The lowest BCUT2D eigenvalue weighted by molar-refractivity contribution is 0.219. The summed E-state index contributed by atoms with van der Waals surface area (Å²) in [7, 11) is -1.32. The molecule has 7 heteroatoms. The first-order chi connectivity index (χ1) is 10.5. The molecule has 3 rings (SSSR count). The first kappa shape index (κ1) is 15.2. The number of aryl methyl sites for hydroxylation is 1. The van der Waals surface area contributed by atoms with Crippen molar-refractivity contribution < 1.29 is 12.9 Å². The van der Waals surface area contributed by atoms with Crippen LogP contribution in [0.5, 0.6) is 0 Å². The molecule has 0 saturated carbocycles. The maximum atomic E-state index is 12.2. The van der Waals surface area contributed by atoms with Crippen LogP contribution in [0.1, 0.15) is 36.7 Å². The van der Waals surface area contributed by atoms with E-state index < -0.39 is 9.84 Å². The average Bonchev–Trinajstić information content (AvgIpc) is 3.03. The second-order valence-electron chi connectivity index (χ2n) is 5.60. The minimum Gasteiger partial charge on any atom is -0.338 e. The predicted octanol–water partition coefficient (Wildman–Crippen LogP) is 1.98. The highest BCUT2D eigenvalue weighted by Gasteiger charge is 2.36. The lowest BCUT2D eigenvalue weighted by Crippen LogP contribution is -2.25. The van der Waals surface area contributed by atoms with Gasteiger partial charge in [0.15, 0.2) is 15.7 Å². The van der Waals surface area contributed by atoms with Gasteiger partial charge in [0.2, 0.25) is 5.89 Å². The Bertz CT molecular complexity index is 770. The largest absolute Gasteiger partial charge is 0.338 e. The zero-order valence-electron chi connectivity index (χ0n) is 12.7. The lowest BCUT2D eigenvalue weighted by atomic mass is 10.1. The molecule has 0 fully saturated rings.